The number of nitrogens with one attached hydrogen (secondary N) is 1. The van der Waals surface area contributed by atoms with Crippen LogP contribution in [-0.4, -0.2) is 18.1 Å². The third-order valence-corrected chi connectivity index (χ3v) is 5.89. The van der Waals surface area contributed by atoms with Gasteiger partial charge in [-0.1, -0.05) is 52.3 Å². The number of hydrogen-bond acceptors (Lipinski definition) is 3. The molecule has 2 nitrogen and oxygen atoms in total. The molecule has 1 aliphatic heterocycles. The van der Waals surface area contributed by atoms with E-state index in [1.807, 2.05) is 48.2 Å². The summed E-state index contributed by atoms with van der Waals surface area (Å²) in [6.45, 7) is 0.887. The Morgan fingerprint density at radius 2 is 1.77 bits per heavy atom. The van der Waals surface area contributed by atoms with Crippen LogP contribution in [0.5, 0.6) is 0 Å². The molecule has 2 aromatic rings. The second-order valence-electron chi connectivity index (χ2n) is 5.39. The number of fused-ring (bicyclic) bond motifs is 2. The van der Waals surface area contributed by atoms with Crippen LogP contribution in [-0.2, 0) is 0 Å². The Morgan fingerprint density at radius 3 is 2.55 bits per heavy atom. The highest BCUT2D eigenvalue weighted by molar-refractivity contribution is 9.10. The minimum Gasteiger partial charge on any atom is -0.383 e. The molecule has 0 spiro atoms. The maximum Gasteiger partial charge on any atom is 0.193 e. The molecule has 0 radical (unpaired) electrons. The van der Waals surface area contributed by atoms with Gasteiger partial charge in [-0.2, -0.15) is 0 Å². The topological polar surface area (TPSA) is 29.1 Å². The van der Waals surface area contributed by atoms with Crippen molar-refractivity contribution in [2.24, 2.45) is 0 Å². The number of carbonyl (C=O) groups is 1. The third-order valence-electron chi connectivity index (χ3n) is 4.08. The number of thioether (sulfide) groups is 1. The van der Waals surface area contributed by atoms with Crippen molar-refractivity contribution in [3.63, 3.8) is 0 Å². The van der Waals surface area contributed by atoms with Crippen molar-refractivity contribution in [1.82, 2.24) is 5.32 Å². The van der Waals surface area contributed by atoms with Gasteiger partial charge in [0.1, 0.15) is 0 Å². The third kappa shape index (κ3) is 2.22. The van der Waals surface area contributed by atoms with Crippen LogP contribution in [0, 0.1) is 0 Å². The lowest BCUT2D eigenvalue weighted by Crippen LogP contribution is -2.13. The molecule has 0 aromatic heterocycles. The van der Waals surface area contributed by atoms with Gasteiger partial charge in [-0.25, -0.2) is 0 Å². The number of rotatable bonds is 1. The molecule has 0 saturated heterocycles. The van der Waals surface area contributed by atoms with Crippen molar-refractivity contribution in [3.8, 4) is 0 Å². The first-order chi connectivity index (χ1) is 10.8. The van der Waals surface area contributed by atoms with E-state index in [1.54, 1.807) is 0 Å². The summed E-state index contributed by atoms with van der Waals surface area (Å²) in [5.41, 5.74) is 4.99. The Kier molecular flexibility index (Phi) is 3.59. The van der Waals surface area contributed by atoms with Gasteiger partial charge in [0.25, 0.3) is 0 Å². The molecule has 22 heavy (non-hydrogen) atoms. The van der Waals surface area contributed by atoms with Crippen molar-refractivity contribution in [2.45, 2.75) is 5.25 Å². The molecule has 110 valence electrons. The molecule has 1 unspecified atom stereocenters. The fourth-order valence-electron chi connectivity index (χ4n) is 3.08. The van der Waals surface area contributed by atoms with Crippen LogP contribution in [0.3, 0.4) is 0 Å². The first kappa shape index (κ1) is 14.1. The molecule has 1 atom stereocenters. The number of ketones is 1. The van der Waals surface area contributed by atoms with E-state index in [0.717, 1.165) is 39.2 Å². The average Bonchev–Trinajstić information content (AvgIpc) is 2.71. The largest absolute Gasteiger partial charge is 0.383 e. The van der Waals surface area contributed by atoms with E-state index in [0.29, 0.717) is 0 Å². The van der Waals surface area contributed by atoms with Crippen LogP contribution in [0.25, 0.3) is 5.70 Å². The Labute approximate surface area is 142 Å². The van der Waals surface area contributed by atoms with Crippen LogP contribution in [0.4, 0.5) is 0 Å². The number of benzene rings is 2. The molecule has 2 aliphatic rings. The zero-order valence-electron chi connectivity index (χ0n) is 11.8. The normalized spacial score (nSPS) is 20.2. The molecule has 1 N–H and O–H groups in total. The second-order valence-corrected chi connectivity index (χ2v) is 7.52. The van der Waals surface area contributed by atoms with E-state index in [4.69, 9.17) is 0 Å². The highest BCUT2D eigenvalue weighted by atomic mass is 79.9. The zero-order valence-corrected chi connectivity index (χ0v) is 14.2. The van der Waals surface area contributed by atoms with E-state index < -0.39 is 0 Å². The quantitative estimate of drug-likeness (QED) is 0.803. The average molecular weight is 372 g/mol. The Morgan fingerprint density at radius 1 is 1.05 bits per heavy atom. The lowest BCUT2D eigenvalue weighted by Gasteiger charge is -2.16. The molecule has 4 rings (SSSR count). The molecule has 2 aromatic carbocycles. The second kappa shape index (κ2) is 5.60. The summed E-state index contributed by atoms with van der Waals surface area (Å²) in [5.74, 6) is 1.16. The van der Waals surface area contributed by atoms with Gasteiger partial charge in [-0.15, -0.1) is 11.8 Å². The number of carbonyl (C=O) groups excluding carboxylic acids is 1. The Hall–Kier alpha value is -1.52. The standard InChI is InChI=1S/C18H14BrNOS/c19-12-7-5-11(6-8-12)18-15-16(20-9-10-22-18)13-3-1-2-4-14(13)17(15)21/h1-8,18,20H,9-10H2. The molecule has 1 heterocycles. The summed E-state index contributed by atoms with van der Waals surface area (Å²) in [6.07, 6.45) is 0. The lowest BCUT2D eigenvalue weighted by molar-refractivity contribution is 0.103. The van der Waals surface area contributed by atoms with E-state index in [2.05, 4.69) is 33.4 Å². The predicted molar refractivity (Wildman–Crippen MR) is 95.0 cm³/mol. The number of Topliss-reactive ketones (excluding diaryl/α,β-unsaturated/α-hetero) is 1. The van der Waals surface area contributed by atoms with Crippen molar-refractivity contribution in [1.29, 1.82) is 0 Å². The van der Waals surface area contributed by atoms with Crippen LogP contribution >= 0.6 is 27.7 Å². The van der Waals surface area contributed by atoms with Crippen molar-refractivity contribution in [3.05, 3.63) is 75.3 Å². The number of hydrogen-bond donors (Lipinski definition) is 1. The van der Waals surface area contributed by atoms with Gasteiger partial charge < -0.3 is 5.32 Å². The predicted octanol–water partition coefficient (Wildman–Crippen LogP) is 4.43. The molecule has 0 amide bonds. The molecule has 0 bridgehead atoms. The molecular formula is C18H14BrNOS. The van der Waals surface area contributed by atoms with Crippen LogP contribution in [0.2, 0.25) is 0 Å². The minimum atomic E-state index is 0.0954. The fourth-order valence-corrected chi connectivity index (χ4v) is 4.54. The van der Waals surface area contributed by atoms with Crippen LogP contribution in [0.15, 0.2) is 58.6 Å². The van der Waals surface area contributed by atoms with Crippen LogP contribution < -0.4 is 5.32 Å². The van der Waals surface area contributed by atoms with Gasteiger partial charge in [0, 0.05) is 33.5 Å². The van der Waals surface area contributed by atoms with Crippen molar-refractivity contribution >= 4 is 39.2 Å². The first-order valence-electron chi connectivity index (χ1n) is 7.25. The molecule has 4 heteroatoms. The van der Waals surface area contributed by atoms with Gasteiger partial charge in [0.15, 0.2) is 5.78 Å². The monoisotopic (exact) mass is 371 g/mol. The molecule has 0 saturated carbocycles. The van der Waals surface area contributed by atoms with Crippen molar-refractivity contribution < 1.29 is 4.79 Å². The van der Waals surface area contributed by atoms with Gasteiger partial charge in [0.2, 0.25) is 0 Å². The Bertz CT molecular complexity index is 782. The SMILES string of the molecule is O=C1C2=C(NCCSC2c2ccc(Br)cc2)c2ccccc21. The van der Waals surface area contributed by atoms with E-state index >= 15 is 0 Å². The highest BCUT2D eigenvalue weighted by Gasteiger charge is 2.36. The smallest absolute Gasteiger partial charge is 0.193 e. The summed E-state index contributed by atoms with van der Waals surface area (Å²) in [4.78, 5) is 12.9. The van der Waals surface area contributed by atoms with Gasteiger partial charge in [-0.3, -0.25) is 4.79 Å². The Balaban J connectivity index is 1.85. The van der Waals surface area contributed by atoms with Gasteiger partial charge in [0.05, 0.1) is 10.9 Å². The molecule has 0 fully saturated rings. The van der Waals surface area contributed by atoms with E-state index in [1.165, 1.54) is 5.56 Å². The molecular weight excluding hydrogens is 358 g/mol. The zero-order chi connectivity index (χ0) is 15.1. The minimum absolute atomic E-state index is 0.0954. The first-order valence-corrected chi connectivity index (χ1v) is 9.09. The van der Waals surface area contributed by atoms with Crippen molar-refractivity contribution in [2.75, 3.05) is 12.3 Å². The summed E-state index contributed by atoms with van der Waals surface area (Å²) in [7, 11) is 0. The summed E-state index contributed by atoms with van der Waals surface area (Å²) in [6, 6.07) is 16.2. The molecule has 1 aliphatic carbocycles. The summed E-state index contributed by atoms with van der Waals surface area (Å²) < 4.78 is 1.06. The summed E-state index contributed by atoms with van der Waals surface area (Å²) >= 11 is 5.32. The van der Waals surface area contributed by atoms with E-state index in [9.17, 15) is 4.79 Å². The number of halogens is 1. The van der Waals surface area contributed by atoms with Gasteiger partial charge >= 0.3 is 0 Å². The summed E-state index contributed by atoms with van der Waals surface area (Å²) in [5, 5.41) is 3.57. The highest BCUT2D eigenvalue weighted by Crippen LogP contribution is 2.46. The van der Waals surface area contributed by atoms with Gasteiger partial charge in [-0.05, 0) is 17.7 Å². The lowest BCUT2D eigenvalue weighted by atomic mass is 10.0. The maximum atomic E-state index is 12.9. The van der Waals surface area contributed by atoms with E-state index in [-0.39, 0.29) is 11.0 Å². The fraction of sp³-hybridized carbons (Fsp3) is 0.167. The van der Waals surface area contributed by atoms with Crippen LogP contribution in [0.1, 0.15) is 26.7 Å². The maximum absolute atomic E-state index is 12.9.